The molecule has 0 saturated carbocycles. The molecule has 0 fully saturated rings. The van der Waals surface area contributed by atoms with Gasteiger partial charge in [0.15, 0.2) is 5.65 Å². The number of nitrogens with zero attached hydrogens (tertiary/aromatic N) is 4. The first-order valence-corrected chi connectivity index (χ1v) is 9.97. The number of ether oxygens (including phenoxy) is 1. The predicted molar refractivity (Wildman–Crippen MR) is 113 cm³/mol. The van der Waals surface area contributed by atoms with E-state index < -0.39 is 0 Å². The van der Waals surface area contributed by atoms with Gasteiger partial charge in [0.2, 0.25) is 11.1 Å². The van der Waals surface area contributed by atoms with E-state index in [9.17, 15) is 4.79 Å². The van der Waals surface area contributed by atoms with E-state index in [2.05, 4.69) is 20.6 Å². The summed E-state index contributed by atoms with van der Waals surface area (Å²) in [5, 5.41) is 16.4. The average Bonchev–Trinajstić information content (AvgIpc) is 3.15. The van der Waals surface area contributed by atoms with E-state index in [1.807, 2.05) is 43.3 Å². The number of benzene rings is 2. The highest BCUT2D eigenvalue weighted by atomic mass is 32.2. The molecule has 4 rings (SSSR count). The van der Waals surface area contributed by atoms with Crippen LogP contribution in [0.15, 0.2) is 65.8 Å². The number of amides is 1. The highest BCUT2D eigenvalue weighted by Gasteiger charge is 2.12. The van der Waals surface area contributed by atoms with Crippen LogP contribution in [0.5, 0.6) is 5.75 Å². The van der Waals surface area contributed by atoms with Gasteiger partial charge in [-0.25, -0.2) is 0 Å². The Hall–Kier alpha value is -3.39. The highest BCUT2D eigenvalue weighted by Crippen LogP contribution is 2.21. The normalized spacial score (nSPS) is 10.8. The molecule has 0 spiro atoms. The Bertz CT molecular complexity index is 1140. The van der Waals surface area contributed by atoms with Crippen molar-refractivity contribution in [3.05, 3.63) is 66.2 Å². The van der Waals surface area contributed by atoms with Gasteiger partial charge in [0.1, 0.15) is 5.75 Å². The molecule has 0 atom stereocenters. The monoisotopic (exact) mass is 405 g/mol. The van der Waals surface area contributed by atoms with Gasteiger partial charge in [-0.2, -0.15) is 9.61 Å². The van der Waals surface area contributed by atoms with Gasteiger partial charge in [-0.3, -0.25) is 4.79 Å². The standard InChI is InChI=1S/C21H19N5O2S/c1-14-3-5-15(6-4-14)18-11-12-19-23-24-21(26(19)25-18)29-13-20(27)22-16-7-9-17(28-2)10-8-16/h3-12H,13H2,1-2H3,(H,22,27). The number of fused-ring (bicyclic) bond motifs is 1. The lowest BCUT2D eigenvalue weighted by Gasteiger charge is -2.06. The van der Waals surface area contributed by atoms with Crippen LogP contribution in [0.3, 0.4) is 0 Å². The Balaban J connectivity index is 1.46. The maximum atomic E-state index is 12.3. The Labute approximate surface area is 172 Å². The van der Waals surface area contributed by atoms with Crippen LogP contribution in [-0.2, 0) is 4.79 Å². The molecule has 1 amide bonds. The number of aryl methyl sites for hydroxylation is 1. The Morgan fingerprint density at radius 2 is 1.79 bits per heavy atom. The third-order valence-corrected chi connectivity index (χ3v) is 5.21. The third-order valence-electron chi connectivity index (χ3n) is 4.29. The van der Waals surface area contributed by atoms with Crippen LogP contribution in [0, 0.1) is 6.92 Å². The minimum absolute atomic E-state index is 0.133. The third kappa shape index (κ3) is 4.38. The van der Waals surface area contributed by atoms with Crippen LogP contribution >= 0.6 is 11.8 Å². The lowest BCUT2D eigenvalue weighted by Crippen LogP contribution is -2.14. The lowest BCUT2D eigenvalue weighted by atomic mass is 10.1. The number of methoxy groups -OCH3 is 1. The van der Waals surface area contributed by atoms with Crippen LogP contribution < -0.4 is 10.1 Å². The highest BCUT2D eigenvalue weighted by molar-refractivity contribution is 7.99. The SMILES string of the molecule is COc1ccc(NC(=O)CSc2nnc3ccc(-c4ccc(C)cc4)nn23)cc1. The van der Waals surface area contributed by atoms with Crippen molar-refractivity contribution in [1.82, 2.24) is 19.8 Å². The number of aromatic nitrogens is 4. The maximum Gasteiger partial charge on any atom is 0.234 e. The van der Waals surface area contributed by atoms with Crippen molar-refractivity contribution in [3.8, 4) is 17.0 Å². The van der Waals surface area contributed by atoms with Gasteiger partial charge in [0.05, 0.1) is 18.6 Å². The van der Waals surface area contributed by atoms with Gasteiger partial charge in [0.25, 0.3) is 0 Å². The fraction of sp³-hybridized carbons (Fsp3) is 0.143. The molecule has 0 aliphatic carbocycles. The average molecular weight is 405 g/mol. The largest absolute Gasteiger partial charge is 0.497 e. The molecule has 146 valence electrons. The summed E-state index contributed by atoms with van der Waals surface area (Å²) in [5.74, 6) is 0.804. The molecular formula is C21H19N5O2S. The maximum absolute atomic E-state index is 12.3. The summed E-state index contributed by atoms with van der Waals surface area (Å²) in [6, 6.07) is 19.1. The van der Waals surface area contributed by atoms with E-state index in [4.69, 9.17) is 4.74 Å². The van der Waals surface area contributed by atoms with Gasteiger partial charge < -0.3 is 10.1 Å². The second kappa shape index (κ2) is 8.32. The first kappa shape index (κ1) is 18.9. The molecule has 0 aliphatic heterocycles. The van der Waals surface area contributed by atoms with E-state index in [1.165, 1.54) is 17.3 Å². The predicted octanol–water partition coefficient (Wildman–Crippen LogP) is 3.84. The van der Waals surface area contributed by atoms with E-state index in [1.54, 1.807) is 35.9 Å². The quantitative estimate of drug-likeness (QED) is 0.491. The minimum Gasteiger partial charge on any atom is -0.497 e. The smallest absolute Gasteiger partial charge is 0.234 e. The number of nitrogens with one attached hydrogen (secondary N) is 1. The van der Waals surface area contributed by atoms with Gasteiger partial charge in [-0.1, -0.05) is 41.6 Å². The van der Waals surface area contributed by atoms with Crippen molar-refractivity contribution in [3.63, 3.8) is 0 Å². The Morgan fingerprint density at radius 1 is 1.03 bits per heavy atom. The second-order valence-corrected chi connectivity index (χ2v) is 7.35. The molecule has 29 heavy (non-hydrogen) atoms. The number of rotatable bonds is 6. The molecule has 0 radical (unpaired) electrons. The summed E-state index contributed by atoms with van der Waals surface area (Å²) in [6.45, 7) is 2.05. The first-order valence-electron chi connectivity index (χ1n) is 8.98. The molecule has 0 unspecified atom stereocenters. The number of carbonyl (C=O) groups is 1. The molecule has 2 aromatic carbocycles. The number of carbonyl (C=O) groups excluding carboxylic acids is 1. The molecule has 1 N–H and O–H groups in total. The first-order chi connectivity index (χ1) is 14.1. The van der Waals surface area contributed by atoms with Gasteiger partial charge >= 0.3 is 0 Å². The van der Waals surface area contributed by atoms with Gasteiger partial charge in [-0.05, 0) is 43.3 Å². The van der Waals surface area contributed by atoms with E-state index in [0.29, 0.717) is 16.5 Å². The molecule has 8 heteroatoms. The zero-order valence-corrected chi connectivity index (χ0v) is 16.8. The van der Waals surface area contributed by atoms with Crippen LogP contribution in [0.1, 0.15) is 5.56 Å². The fourth-order valence-electron chi connectivity index (χ4n) is 2.74. The molecule has 0 saturated heterocycles. The zero-order chi connectivity index (χ0) is 20.2. The molecule has 7 nitrogen and oxygen atoms in total. The summed E-state index contributed by atoms with van der Waals surface area (Å²) in [7, 11) is 1.60. The van der Waals surface area contributed by atoms with Crippen LogP contribution in [-0.4, -0.2) is 38.6 Å². The van der Waals surface area contributed by atoms with Crippen molar-refractivity contribution in [2.75, 3.05) is 18.2 Å². The molecule has 0 bridgehead atoms. The van der Waals surface area contributed by atoms with Crippen molar-refractivity contribution in [1.29, 1.82) is 0 Å². The molecular weight excluding hydrogens is 386 g/mol. The van der Waals surface area contributed by atoms with Crippen molar-refractivity contribution in [2.45, 2.75) is 12.1 Å². The summed E-state index contributed by atoms with van der Waals surface area (Å²) >= 11 is 1.29. The Morgan fingerprint density at radius 3 is 2.52 bits per heavy atom. The number of thioether (sulfide) groups is 1. The minimum atomic E-state index is -0.133. The van der Waals surface area contributed by atoms with Gasteiger partial charge in [0, 0.05) is 11.3 Å². The van der Waals surface area contributed by atoms with E-state index >= 15 is 0 Å². The van der Waals surface area contributed by atoms with E-state index in [-0.39, 0.29) is 11.7 Å². The van der Waals surface area contributed by atoms with Crippen LogP contribution in [0.4, 0.5) is 5.69 Å². The molecule has 2 heterocycles. The van der Waals surface area contributed by atoms with Crippen LogP contribution in [0.2, 0.25) is 0 Å². The van der Waals surface area contributed by atoms with Crippen molar-refractivity contribution in [2.24, 2.45) is 0 Å². The Kier molecular flexibility index (Phi) is 5.44. The molecule has 2 aromatic heterocycles. The summed E-state index contributed by atoms with van der Waals surface area (Å²) in [5.41, 5.74) is 4.38. The van der Waals surface area contributed by atoms with E-state index in [0.717, 1.165) is 17.0 Å². The summed E-state index contributed by atoms with van der Waals surface area (Å²) in [6.07, 6.45) is 0. The number of hydrogen-bond acceptors (Lipinski definition) is 6. The molecule has 4 aromatic rings. The summed E-state index contributed by atoms with van der Waals surface area (Å²) < 4.78 is 6.78. The van der Waals surface area contributed by atoms with Crippen LogP contribution in [0.25, 0.3) is 16.9 Å². The number of hydrogen-bond donors (Lipinski definition) is 1. The van der Waals surface area contributed by atoms with Crippen molar-refractivity contribution < 1.29 is 9.53 Å². The second-order valence-electron chi connectivity index (χ2n) is 6.40. The lowest BCUT2D eigenvalue weighted by molar-refractivity contribution is -0.113. The topological polar surface area (TPSA) is 81.4 Å². The number of anilines is 1. The fourth-order valence-corrected chi connectivity index (χ4v) is 3.43. The summed E-state index contributed by atoms with van der Waals surface area (Å²) in [4.78, 5) is 12.3. The van der Waals surface area contributed by atoms with Gasteiger partial charge in [-0.15, -0.1) is 10.2 Å². The zero-order valence-electron chi connectivity index (χ0n) is 16.0. The van der Waals surface area contributed by atoms with Crippen molar-refractivity contribution >= 4 is 29.0 Å². The molecule has 0 aliphatic rings.